The normalized spacial score (nSPS) is 50.0. The van der Waals surface area contributed by atoms with E-state index in [1.807, 2.05) is 20.9 Å². The Morgan fingerprint density at radius 3 is 2.42 bits per heavy atom. The van der Waals surface area contributed by atoms with Crippen molar-refractivity contribution in [3.05, 3.63) is 17.7 Å². The van der Waals surface area contributed by atoms with E-state index in [-0.39, 0.29) is 11.5 Å². The summed E-state index contributed by atoms with van der Waals surface area (Å²) < 4.78 is 41.4. The Labute approximate surface area is 140 Å². The molecule has 4 aliphatic carbocycles. The van der Waals surface area contributed by atoms with Crippen LogP contribution in [0.5, 0.6) is 0 Å². The van der Waals surface area contributed by atoms with Crippen molar-refractivity contribution in [2.45, 2.75) is 45.3 Å². The van der Waals surface area contributed by atoms with Gasteiger partial charge in [-0.3, -0.25) is 0 Å². The number of halogens is 3. The van der Waals surface area contributed by atoms with Gasteiger partial charge in [0.1, 0.15) is 5.82 Å². The molecular weight excluding hydrogens is 315 g/mol. The zero-order valence-electron chi connectivity index (χ0n) is 14.7. The van der Waals surface area contributed by atoms with Gasteiger partial charge in [0.25, 0.3) is 0 Å². The van der Waals surface area contributed by atoms with Crippen molar-refractivity contribution in [2.24, 2.45) is 34.5 Å². The number of nitrogens with one attached hydrogen (secondary N) is 1. The molecule has 0 radical (unpaired) electrons. The summed E-state index contributed by atoms with van der Waals surface area (Å²) in [5, 5.41) is 3.33. The summed E-state index contributed by atoms with van der Waals surface area (Å²) in [6.45, 7) is 9.38. The first-order valence-electron chi connectivity index (χ1n) is 8.92. The third-order valence-electron chi connectivity index (χ3n) is 8.18. The Morgan fingerprint density at radius 2 is 1.96 bits per heavy atom. The summed E-state index contributed by atoms with van der Waals surface area (Å²) >= 11 is 0. The summed E-state index contributed by atoms with van der Waals surface area (Å²) in [6.07, 6.45) is -3.16. The zero-order chi connectivity index (χ0) is 17.4. The van der Waals surface area contributed by atoms with Crippen molar-refractivity contribution < 1.29 is 13.2 Å². The van der Waals surface area contributed by atoms with Crippen molar-refractivity contribution in [1.82, 2.24) is 14.9 Å². The van der Waals surface area contributed by atoms with Gasteiger partial charge >= 0.3 is 6.18 Å². The van der Waals surface area contributed by atoms with E-state index in [0.29, 0.717) is 40.3 Å². The second kappa shape index (κ2) is 3.71. The maximum absolute atomic E-state index is 13.2. The van der Waals surface area contributed by atoms with Gasteiger partial charge in [0.05, 0.1) is 0 Å². The van der Waals surface area contributed by atoms with Crippen molar-refractivity contribution >= 4 is 0 Å². The Hall–Kier alpha value is -1.04. The van der Waals surface area contributed by atoms with Crippen LogP contribution in [0, 0.1) is 34.5 Å². The van der Waals surface area contributed by atoms with Crippen LogP contribution in [0.2, 0.25) is 0 Å². The van der Waals surface area contributed by atoms with Gasteiger partial charge in [-0.2, -0.15) is 13.2 Å². The van der Waals surface area contributed by atoms with Crippen LogP contribution < -0.4 is 5.32 Å². The van der Waals surface area contributed by atoms with Crippen molar-refractivity contribution in [3.63, 3.8) is 0 Å². The molecule has 7 atom stereocenters. The highest BCUT2D eigenvalue weighted by atomic mass is 19.4. The quantitative estimate of drug-likeness (QED) is 0.910. The summed E-state index contributed by atoms with van der Waals surface area (Å²) in [6, 6.07) is -0.00972. The molecule has 1 heterocycles. The standard InChI is InChI=1S/C18H24F3N3/c1-8(2)24-6-10(18(19,20)21)23-14(24)15(4)11-9(3)16(7-22-5)13-12(15)17(11,13)16/h6,8-9,11-13,22H,7H2,1-5H3. The first-order chi connectivity index (χ1) is 11.1. The number of alkyl halides is 3. The van der Waals surface area contributed by atoms with E-state index < -0.39 is 11.9 Å². The summed E-state index contributed by atoms with van der Waals surface area (Å²) in [5.41, 5.74) is -0.0429. The predicted molar refractivity (Wildman–Crippen MR) is 83.4 cm³/mol. The van der Waals surface area contributed by atoms with Gasteiger partial charge < -0.3 is 9.88 Å². The fraction of sp³-hybridized carbons (Fsp3) is 0.833. The van der Waals surface area contributed by atoms with Crippen molar-refractivity contribution in [2.75, 3.05) is 13.6 Å². The first-order valence-corrected chi connectivity index (χ1v) is 8.92. The molecule has 1 aromatic rings. The molecule has 6 heteroatoms. The molecule has 4 saturated carbocycles. The first kappa shape index (κ1) is 15.2. The maximum atomic E-state index is 13.2. The number of hydrogen-bond donors (Lipinski definition) is 1. The van der Waals surface area contributed by atoms with E-state index in [2.05, 4.69) is 24.1 Å². The zero-order valence-corrected chi connectivity index (χ0v) is 14.7. The minimum Gasteiger partial charge on any atom is -0.331 e. The van der Waals surface area contributed by atoms with Gasteiger partial charge in [-0.05, 0) is 55.4 Å². The smallest absolute Gasteiger partial charge is 0.331 e. The summed E-state index contributed by atoms with van der Waals surface area (Å²) in [7, 11) is 2.00. The van der Waals surface area contributed by atoms with Gasteiger partial charge in [-0.15, -0.1) is 0 Å². The highest BCUT2D eigenvalue weighted by Crippen LogP contribution is 3.14. The lowest BCUT2D eigenvalue weighted by Gasteiger charge is -2.70. The molecule has 1 N–H and O–H groups in total. The molecule has 4 fully saturated rings. The van der Waals surface area contributed by atoms with Gasteiger partial charge in [0, 0.05) is 24.2 Å². The van der Waals surface area contributed by atoms with E-state index in [4.69, 9.17) is 0 Å². The Kier molecular flexibility index (Phi) is 2.36. The molecular formula is C18H24F3N3. The molecule has 5 rings (SSSR count). The molecule has 3 nitrogen and oxygen atoms in total. The van der Waals surface area contributed by atoms with Gasteiger partial charge in [0.15, 0.2) is 5.69 Å². The van der Waals surface area contributed by atoms with Crippen LogP contribution >= 0.6 is 0 Å². The highest BCUT2D eigenvalue weighted by molar-refractivity contribution is 5.63. The molecule has 0 bridgehead atoms. The Morgan fingerprint density at radius 1 is 1.29 bits per heavy atom. The van der Waals surface area contributed by atoms with Crippen LogP contribution in [0.3, 0.4) is 0 Å². The van der Waals surface area contributed by atoms with E-state index in [1.165, 1.54) is 6.20 Å². The average molecular weight is 339 g/mol. The summed E-state index contributed by atoms with van der Waals surface area (Å²) in [5.74, 6) is 2.98. The van der Waals surface area contributed by atoms with Crippen LogP contribution in [0.1, 0.15) is 45.3 Å². The van der Waals surface area contributed by atoms with E-state index >= 15 is 0 Å². The Balaban J connectivity index is 1.55. The topological polar surface area (TPSA) is 29.9 Å². The van der Waals surface area contributed by atoms with Crippen LogP contribution in [-0.2, 0) is 11.6 Å². The molecule has 0 aromatic carbocycles. The molecule has 132 valence electrons. The largest absolute Gasteiger partial charge is 0.434 e. The lowest BCUT2D eigenvalue weighted by atomic mass is 9.34. The molecule has 4 aliphatic rings. The monoisotopic (exact) mass is 339 g/mol. The minimum absolute atomic E-state index is 0.00972. The van der Waals surface area contributed by atoms with Crippen LogP contribution in [0.15, 0.2) is 6.20 Å². The molecule has 0 aliphatic heterocycles. The SMILES string of the molecule is CNCC12C(C)C3C(C)(c4nc(C(F)(F)F)cn4C(C)C)C4C1C342. The number of fused-ring (bicyclic) bond motifs is 2. The van der Waals surface area contributed by atoms with Crippen LogP contribution in [0.25, 0.3) is 0 Å². The average Bonchev–Trinajstić information content (AvgIpc) is 3.15. The predicted octanol–water partition coefficient (Wildman–Crippen LogP) is 3.47. The molecule has 7 unspecified atom stereocenters. The van der Waals surface area contributed by atoms with E-state index in [1.54, 1.807) is 4.57 Å². The van der Waals surface area contributed by atoms with Gasteiger partial charge in [-0.25, -0.2) is 4.98 Å². The maximum Gasteiger partial charge on any atom is 0.434 e. The summed E-state index contributed by atoms with van der Waals surface area (Å²) in [4.78, 5) is 4.13. The van der Waals surface area contributed by atoms with Crippen LogP contribution in [0.4, 0.5) is 13.2 Å². The van der Waals surface area contributed by atoms with Gasteiger partial charge in [0.2, 0.25) is 0 Å². The highest BCUT2D eigenvalue weighted by Gasteiger charge is 3.14. The van der Waals surface area contributed by atoms with Crippen molar-refractivity contribution in [3.8, 4) is 0 Å². The molecule has 0 amide bonds. The fourth-order valence-corrected chi connectivity index (χ4v) is 7.78. The lowest BCUT2D eigenvalue weighted by Crippen LogP contribution is -2.71. The molecule has 24 heavy (non-hydrogen) atoms. The number of nitrogens with zero attached hydrogens (tertiary/aromatic N) is 2. The Bertz CT molecular complexity index is 749. The number of aromatic nitrogens is 2. The fourth-order valence-electron chi connectivity index (χ4n) is 7.78. The van der Waals surface area contributed by atoms with E-state index in [0.717, 1.165) is 6.54 Å². The molecule has 1 spiro atoms. The third kappa shape index (κ3) is 1.13. The van der Waals surface area contributed by atoms with E-state index in [9.17, 15) is 13.2 Å². The van der Waals surface area contributed by atoms with Gasteiger partial charge in [-0.1, -0.05) is 13.8 Å². The minimum atomic E-state index is -4.37. The van der Waals surface area contributed by atoms with Crippen LogP contribution in [-0.4, -0.2) is 23.1 Å². The number of rotatable bonds is 4. The molecule has 0 saturated heterocycles. The number of hydrogen-bond acceptors (Lipinski definition) is 2. The number of imidazole rings is 1. The van der Waals surface area contributed by atoms with Crippen molar-refractivity contribution in [1.29, 1.82) is 0 Å². The third-order valence-corrected chi connectivity index (χ3v) is 8.18. The lowest BCUT2D eigenvalue weighted by molar-refractivity contribution is -0.200. The molecule has 1 aromatic heterocycles. The second-order valence-electron chi connectivity index (χ2n) is 8.96. The second-order valence-corrected chi connectivity index (χ2v) is 8.96.